The van der Waals surface area contributed by atoms with Gasteiger partial charge in [0.15, 0.2) is 0 Å². The molecule has 0 fully saturated rings. The summed E-state index contributed by atoms with van der Waals surface area (Å²) >= 11 is 6.01. The number of carbonyl (C=O) groups is 2. The van der Waals surface area contributed by atoms with Gasteiger partial charge in [-0.25, -0.2) is 4.98 Å². The Bertz CT molecular complexity index is 892. The topological polar surface area (TPSA) is 144 Å². The minimum absolute atomic E-state index is 0.0351. The van der Waals surface area contributed by atoms with E-state index in [1.54, 1.807) is 6.92 Å². The number of halogens is 1. The molecule has 0 bridgehead atoms. The van der Waals surface area contributed by atoms with Crippen molar-refractivity contribution in [3.63, 3.8) is 0 Å². The van der Waals surface area contributed by atoms with Crippen LogP contribution in [0.4, 0.5) is 11.4 Å². The summed E-state index contributed by atoms with van der Waals surface area (Å²) < 4.78 is 5.24. The van der Waals surface area contributed by atoms with Crippen LogP contribution in [-0.2, 0) is 0 Å². The summed E-state index contributed by atoms with van der Waals surface area (Å²) in [7, 11) is 0. The second-order valence-electron chi connectivity index (χ2n) is 4.83. The first kappa shape index (κ1) is 18.0. The van der Waals surface area contributed by atoms with Crippen LogP contribution in [0.3, 0.4) is 0 Å². The van der Waals surface area contributed by atoms with Crippen molar-refractivity contribution in [2.24, 2.45) is 5.73 Å². The van der Waals surface area contributed by atoms with Gasteiger partial charge in [0.05, 0.1) is 23.0 Å². The highest BCUT2D eigenvalue weighted by Gasteiger charge is 2.17. The van der Waals surface area contributed by atoms with Gasteiger partial charge in [-0.1, -0.05) is 11.6 Å². The highest BCUT2D eigenvalue weighted by Crippen LogP contribution is 2.26. The lowest BCUT2D eigenvalue weighted by Gasteiger charge is -2.11. The number of rotatable bonds is 5. The zero-order valence-corrected chi connectivity index (χ0v) is 13.9. The summed E-state index contributed by atoms with van der Waals surface area (Å²) in [4.78, 5) is 27.7. The van der Waals surface area contributed by atoms with E-state index >= 15 is 0 Å². The molecule has 2 rings (SSSR count). The van der Waals surface area contributed by atoms with Gasteiger partial charge in [-0.15, -0.1) is 0 Å². The number of hydrogen-bond donors (Lipinski definition) is 3. The lowest BCUT2D eigenvalue weighted by molar-refractivity contribution is 0.0995. The van der Waals surface area contributed by atoms with Crippen molar-refractivity contribution >= 4 is 34.8 Å². The first-order chi connectivity index (χ1) is 11.9. The van der Waals surface area contributed by atoms with Crippen molar-refractivity contribution in [2.45, 2.75) is 6.92 Å². The number of anilines is 2. The molecule has 25 heavy (non-hydrogen) atoms. The number of aromatic nitrogens is 1. The highest BCUT2D eigenvalue weighted by molar-refractivity contribution is 6.34. The minimum atomic E-state index is -0.661. The van der Waals surface area contributed by atoms with Crippen LogP contribution in [0, 0.1) is 11.3 Å². The summed E-state index contributed by atoms with van der Waals surface area (Å²) in [5, 5.41) is 11.8. The smallest absolute Gasteiger partial charge is 0.274 e. The molecule has 0 radical (unpaired) electrons. The van der Waals surface area contributed by atoms with Crippen LogP contribution in [0.25, 0.3) is 0 Å². The van der Waals surface area contributed by atoms with E-state index in [9.17, 15) is 9.59 Å². The van der Waals surface area contributed by atoms with Crippen molar-refractivity contribution < 1.29 is 14.3 Å². The molecule has 0 aliphatic rings. The minimum Gasteiger partial charge on any atom is -0.477 e. The van der Waals surface area contributed by atoms with E-state index < -0.39 is 11.8 Å². The molecule has 0 aliphatic heterocycles. The molecule has 9 heteroatoms. The molecular formula is C16H14ClN5O3. The first-order valence-electron chi connectivity index (χ1n) is 7.11. The average Bonchev–Trinajstić information content (AvgIpc) is 2.56. The number of nitrogens with one attached hydrogen (secondary N) is 1. The van der Waals surface area contributed by atoms with Gasteiger partial charge < -0.3 is 21.5 Å². The molecule has 8 nitrogen and oxygen atoms in total. The Balaban J connectivity index is 2.38. The fourth-order valence-corrected chi connectivity index (χ4v) is 2.14. The molecule has 128 valence electrons. The Morgan fingerprint density at radius 3 is 2.72 bits per heavy atom. The molecule has 1 aromatic heterocycles. The van der Waals surface area contributed by atoms with E-state index in [1.807, 2.05) is 6.07 Å². The van der Waals surface area contributed by atoms with Gasteiger partial charge in [0.1, 0.15) is 17.3 Å². The summed E-state index contributed by atoms with van der Waals surface area (Å²) in [5.41, 5.74) is 11.4. The van der Waals surface area contributed by atoms with Gasteiger partial charge in [-0.05, 0) is 31.2 Å². The Morgan fingerprint density at radius 2 is 2.12 bits per heavy atom. The second kappa shape index (κ2) is 7.51. The first-order valence-corrected chi connectivity index (χ1v) is 7.49. The average molecular weight is 360 g/mol. The molecule has 2 amide bonds. The maximum atomic E-state index is 12.4. The Morgan fingerprint density at radius 1 is 1.40 bits per heavy atom. The zero-order chi connectivity index (χ0) is 18.6. The maximum Gasteiger partial charge on any atom is 0.274 e. The van der Waals surface area contributed by atoms with E-state index in [0.29, 0.717) is 0 Å². The van der Waals surface area contributed by atoms with Gasteiger partial charge in [0.25, 0.3) is 5.91 Å². The van der Waals surface area contributed by atoms with Crippen LogP contribution in [0.5, 0.6) is 5.88 Å². The third-order valence-corrected chi connectivity index (χ3v) is 3.47. The monoisotopic (exact) mass is 359 g/mol. The lowest BCUT2D eigenvalue weighted by atomic mass is 10.1. The molecule has 0 saturated heterocycles. The van der Waals surface area contributed by atoms with Crippen LogP contribution in [0.1, 0.15) is 33.3 Å². The van der Waals surface area contributed by atoms with E-state index in [4.69, 9.17) is 33.1 Å². The molecule has 5 N–H and O–H groups in total. The predicted octanol–water partition coefficient (Wildman–Crippen LogP) is 1.94. The van der Waals surface area contributed by atoms with Crippen molar-refractivity contribution in [3.8, 4) is 11.9 Å². The van der Waals surface area contributed by atoms with Crippen LogP contribution in [0.2, 0.25) is 5.02 Å². The molecule has 1 heterocycles. The predicted molar refractivity (Wildman–Crippen MR) is 92.5 cm³/mol. The normalized spacial score (nSPS) is 9.96. The Kier molecular flexibility index (Phi) is 5.41. The number of nitrogens with zero attached hydrogens (tertiary/aromatic N) is 2. The van der Waals surface area contributed by atoms with E-state index in [1.165, 1.54) is 24.3 Å². The summed E-state index contributed by atoms with van der Waals surface area (Å²) in [5.74, 6) is -1.33. The van der Waals surface area contributed by atoms with Gasteiger partial charge in [0.2, 0.25) is 11.8 Å². The van der Waals surface area contributed by atoms with E-state index in [2.05, 4.69) is 10.3 Å². The number of benzene rings is 1. The van der Waals surface area contributed by atoms with Crippen LogP contribution in [0.15, 0.2) is 24.3 Å². The highest BCUT2D eigenvalue weighted by atomic mass is 35.5. The third kappa shape index (κ3) is 3.97. The van der Waals surface area contributed by atoms with Crippen molar-refractivity contribution in [2.75, 3.05) is 17.7 Å². The molecular weight excluding hydrogens is 346 g/mol. The largest absolute Gasteiger partial charge is 0.477 e. The van der Waals surface area contributed by atoms with Crippen molar-refractivity contribution in [1.82, 2.24) is 4.98 Å². The van der Waals surface area contributed by atoms with Gasteiger partial charge >= 0.3 is 0 Å². The van der Waals surface area contributed by atoms with Crippen LogP contribution >= 0.6 is 11.6 Å². The number of nitrogen functional groups attached to an aromatic ring is 1. The summed E-state index contributed by atoms with van der Waals surface area (Å²) in [6.07, 6.45) is 0. The molecule has 0 saturated carbocycles. The fraction of sp³-hybridized carbons (Fsp3) is 0.125. The number of nitrogens with two attached hydrogens (primary N) is 2. The summed E-state index contributed by atoms with van der Waals surface area (Å²) in [6.45, 7) is 1.96. The molecule has 0 atom stereocenters. The quantitative estimate of drug-likeness (QED) is 0.743. The number of ether oxygens (including phenoxy) is 1. The molecule has 0 spiro atoms. The van der Waals surface area contributed by atoms with Crippen molar-refractivity contribution in [1.29, 1.82) is 5.26 Å². The van der Waals surface area contributed by atoms with Crippen LogP contribution in [-0.4, -0.2) is 23.4 Å². The standard InChI is InChI=1S/C16H14ClN5O3/c1-2-25-16-9(7-18)11(19)6-13(22-16)15(24)21-12-5-8(14(20)23)3-4-10(12)17/h3-6H,2H2,1H3,(H2,19,22)(H2,20,23)(H,21,24). The van der Waals surface area contributed by atoms with Gasteiger partial charge in [0, 0.05) is 5.56 Å². The maximum absolute atomic E-state index is 12.4. The van der Waals surface area contributed by atoms with E-state index in [0.717, 1.165) is 0 Å². The van der Waals surface area contributed by atoms with Crippen molar-refractivity contribution in [3.05, 3.63) is 46.1 Å². The number of carbonyl (C=O) groups excluding carboxylic acids is 2. The number of amides is 2. The van der Waals surface area contributed by atoms with E-state index in [-0.39, 0.29) is 45.7 Å². The van der Waals surface area contributed by atoms with Gasteiger partial charge in [-0.3, -0.25) is 9.59 Å². The van der Waals surface area contributed by atoms with Gasteiger partial charge in [-0.2, -0.15) is 5.26 Å². The SMILES string of the molecule is CCOc1nc(C(=O)Nc2cc(C(N)=O)ccc2Cl)cc(N)c1C#N. The number of pyridine rings is 1. The Labute approximate surface area is 148 Å². The summed E-state index contributed by atoms with van der Waals surface area (Å²) in [6, 6.07) is 7.35. The molecule has 0 unspecified atom stereocenters. The molecule has 0 aliphatic carbocycles. The molecule has 1 aromatic carbocycles. The Hall–Kier alpha value is -3.31. The van der Waals surface area contributed by atoms with Crippen LogP contribution < -0.4 is 21.5 Å². The third-order valence-electron chi connectivity index (χ3n) is 3.14. The number of hydrogen-bond acceptors (Lipinski definition) is 6. The number of nitriles is 1. The lowest BCUT2D eigenvalue weighted by Crippen LogP contribution is -2.17. The zero-order valence-electron chi connectivity index (χ0n) is 13.2. The molecule has 2 aromatic rings. The second-order valence-corrected chi connectivity index (χ2v) is 5.24. The fourth-order valence-electron chi connectivity index (χ4n) is 1.97. The number of primary amides is 1.